The normalized spacial score (nSPS) is 12.4. The molecule has 2 aromatic rings. The van der Waals surface area contributed by atoms with Crippen LogP contribution in [0.15, 0.2) is 28.8 Å². The predicted octanol–water partition coefficient (Wildman–Crippen LogP) is 3.50. The minimum absolute atomic E-state index is 0.162. The predicted molar refractivity (Wildman–Crippen MR) is 79.0 cm³/mol. The zero-order chi connectivity index (χ0) is 14.5. The summed E-state index contributed by atoms with van der Waals surface area (Å²) in [6.07, 6.45) is 1.76. The summed E-state index contributed by atoms with van der Waals surface area (Å²) in [7, 11) is 0. The molecule has 0 aliphatic rings. The van der Waals surface area contributed by atoms with Gasteiger partial charge in [-0.05, 0) is 37.5 Å². The van der Waals surface area contributed by atoms with Crippen LogP contribution in [-0.4, -0.2) is 11.2 Å². The molecule has 4 nitrogen and oxygen atoms in total. The van der Waals surface area contributed by atoms with Crippen LogP contribution in [0.5, 0.6) is 5.75 Å². The number of rotatable bonds is 6. The van der Waals surface area contributed by atoms with Crippen molar-refractivity contribution in [3.8, 4) is 5.75 Å². The van der Waals surface area contributed by atoms with Gasteiger partial charge in [-0.2, -0.15) is 0 Å². The lowest BCUT2D eigenvalue weighted by Gasteiger charge is -2.11. The van der Waals surface area contributed by atoms with Crippen molar-refractivity contribution in [2.24, 2.45) is 5.73 Å². The standard InChI is InChI=1S/C15H19ClN2O2/c1-3-12(17)7-11-4-5-15(14(16)8-11)19-9-13-6-10(2)18-20-13/h4-6,8,12H,3,7,9,17H2,1-2H3. The van der Waals surface area contributed by atoms with Crippen molar-refractivity contribution in [2.75, 3.05) is 0 Å². The molecule has 1 aromatic heterocycles. The van der Waals surface area contributed by atoms with E-state index in [1.54, 1.807) is 0 Å². The molecule has 1 unspecified atom stereocenters. The highest BCUT2D eigenvalue weighted by Gasteiger charge is 2.08. The van der Waals surface area contributed by atoms with Crippen molar-refractivity contribution < 1.29 is 9.26 Å². The highest BCUT2D eigenvalue weighted by atomic mass is 35.5. The van der Waals surface area contributed by atoms with Gasteiger partial charge in [-0.25, -0.2) is 0 Å². The zero-order valence-electron chi connectivity index (χ0n) is 11.7. The molecule has 2 rings (SSSR count). The summed E-state index contributed by atoms with van der Waals surface area (Å²) in [6.45, 7) is 4.25. The van der Waals surface area contributed by atoms with Crippen LogP contribution in [0.2, 0.25) is 5.02 Å². The molecular formula is C15H19ClN2O2. The molecule has 20 heavy (non-hydrogen) atoms. The van der Waals surface area contributed by atoms with E-state index >= 15 is 0 Å². The average Bonchev–Trinajstić information content (AvgIpc) is 2.83. The second-order valence-corrected chi connectivity index (χ2v) is 5.27. The number of nitrogens with two attached hydrogens (primary N) is 1. The molecule has 0 saturated heterocycles. The highest BCUT2D eigenvalue weighted by molar-refractivity contribution is 6.32. The lowest BCUT2D eigenvalue weighted by molar-refractivity contribution is 0.249. The van der Waals surface area contributed by atoms with Gasteiger partial charge >= 0.3 is 0 Å². The first-order valence-electron chi connectivity index (χ1n) is 6.67. The van der Waals surface area contributed by atoms with Crippen molar-refractivity contribution in [3.63, 3.8) is 0 Å². The number of hydrogen-bond acceptors (Lipinski definition) is 4. The Morgan fingerprint density at radius 3 is 2.80 bits per heavy atom. The molecule has 0 radical (unpaired) electrons. The first-order valence-corrected chi connectivity index (χ1v) is 7.05. The summed E-state index contributed by atoms with van der Waals surface area (Å²) in [4.78, 5) is 0. The number of nitrogens with zero attached hydrogens (tertiary/aromatic N) is 1. The third-order valence-corrected chi connectivity index (χ3v) is 3.36. The number of benzene rings is 1. The van der Waals surface area contributed by atoms with E-state index in [0.717, 1.165) is 24.1 Å². The molecule has 1 aromatic carbocycles. The molecule has 0 saturated carbocycles. The maximum Gasteiger partial charge on any atom is 0.174 e. The van der Waals surface area contributed by atoms with E-state index in [4.69, 9.17) is 26.6 Å². The molecule has 108 valence electrons. The van der Waals surface area contributed by atoms with E-state index in [2.05, 4.69) is 12.1 Å². The van der Waals surface area contributed by atoms with Crippen molar-refractivity contribution in [2.45, 2.75) is 39.3 Å². The van der Waals surface area contributed by atoms with Crippen molar-refractivity contribution in [1.29, 1.82) is 0 Å². The van der Waals surface area contributed by atoms with Gasteiger partial charge in [0, 0.05) is 12.1 Å². The molecule has 0 bridgehead atoms. The third kappa shape index (κ3) is 3.99. The maximum absolute atomic E-state index is 6.22. The molecular weight excluding hydrogens is 276 g/mol. The van der Waals surface area contributed by atoms with Gasteiger partial charge in [-0.3, -0.25) is 0 Å². The van der Waals surface area contributed by atoms with Gasteiger partial charge in [0.1, 0.15) is 12.4 Å². The van der Waals surface area contributed by atoms with Gasteiger partial charge in [0.25, 0.3) is 0 Å². The molecule has 1 heterocycles. The number of ether oxygens (including phenoxy) is 1. The Kier molecular flexibility index (Phi) is 5.04. The van der Waals surface area contributed by atoms with E-state index in [1.165, 1.54) is 0 Å². The second-order valence-electron chi connectivity index (χ2n) is 4.86. The fraction of sp³-hybridized carbons (Fsp3) is 0.400. The summed E-state index contributed by atoms with van der Waals surface area (Å²) in [5.41, 5.74) is 7.89. The molecule has 1 atom stereocenters. The van der Waals surface area contributed by atoms with E-state index in [9.17, 15) is 0 Å². The molecule has 5 heteroatoms. The van der Waals surface area contributed by atoms with E-state index < -0.39 is 0 Å². The Labute approximate surface area is 123 Å². The van der Waals surface area contributed by atoms with Crippen molar-refractivity contribution >= 4 is 11.6 Å². The Balaban J connectivity index is 1.98. The van der Waals surface area contributed by atoms with Gasteiger partial charge in [0.15, 0.2) is 5.76 Å². The van der Waals surface area contributed by atoms with Crippen LogP contribution in [0.4, 0.5) is 0 Å². The summed E-state index contributed by atoms with van der Waals surface area (Å²) >= 11 is 6.22. The fourth-order valence-corrected chi connectivity index (χ4v) is 2.13. The zero-order valence-corrected chi connectivity index (χ0v) is 12.5. The van der Waals surface area contributed by atoms with E-state index in [0.29, 0.717) is 23.1 Å². The number of hydrogen-bond donors (Lipinski definition) is 1. The minimum atomic E-state index is 0.162. The van der Waals surface area contributed by atoms with Gasteiger partial charge in [-0.15, -0.1) is 0 Å². The summed E-state index contributed by atoms with van der Waals surface area (Å²) in [5.74, 6) is 1.31. The smallest absolute Gasteiger partial charge is 0.174 e. The lowest BCUT2D eigenvalue weighted by Crippen LogP contribution is -2.21. The number of halogens is 1. The topological polar surface area (TPSA) is 61.3 Å². The summed E-state index contributed by atoms with van der Waals surface area (Å²) in [5, 5.41) is 4.39. The monoisotopic (exact) mass is 294 g/mol. The quantitative estimate of drug-likeness (QED) is 0.886. The molecule has 0 aliphatic heterocycles. The SMILES string of the molecule is CCC(N)Cc1ccc(OCc2cc(C)no2)c(Cl)c1. The van der Waals surface area contributed by atoms with Crippen LogP contribution >= 0.6 is 11.6 Å². The van der Waals surface area contributed by atoms with Crippen LogP contribution in [0.25, 0.3) is 0 Å². The molecule has 0 fully saturated rings. The Hall–Kier alpha value is -1.52. The molecule has 0 amide bonds. The summed E-state index contributed by atoms with van der Waals surface area (Å²) < 4.78 is 10.7. The fourth-order valence-electron chi connectivity index (χ4n) is 1.87. The molecule has 0 aliphatic carbocycles. The number of aromatic nitrogens is 1. The number of aryl methyl sites for hydroxylation is 1. The van der Waals surface area contributed by atoms with Crippen LogP contribution in [-0.2, 0) is 13.0 Å². The second kappa shape index (κ2) is 6.77. The van der Waals surface area contributed by atoms with Gasteiger partial charge in [0.05, 0.1) is 10.7 Å². The van der Waals surface area contributed by atoms with Crippen molar-refractivity contribution in [3.05, 3.63) is 46.3 Å². The van der Waals surface area contributed by atoms with Gasteiger partial charge in [-0.1, -0.05) is 29.7 Å². The molecule has 2 N–H and O–H groups in total. The van der Waals surface area contributed by atoms with Crippen LogP contribution in [0, 0.1) is 6.92 Å². The van der Waals surface area contributed by atoms with E-state index in [-0.39, 0.29) is 6.04 Å². The Morgan fingerprint density at radius 2 is 2.20 bits per heavy atom. The first-order chi connectivity index (χ1) is 9.58. The van der Waals surface area contributed by atoms with Crippen LogP contribution in [0.1, 0.15) is 30.4 Å². The van der Waals surface area contributed by atoms with Gasteiger partial charge in [0.2, 0.25) is 0 Å². The lowest BCUT2D eigenvalue weighted by atomic mass is 10.0. The first kappa shape index (κ1) is 14.9. The van der Waals surface area contributed by atoms with Crippen LogP contribution in [0.3, 0.4) is 0 Å². The van der Waals surface area contributed by atoms with Gasteiger partial charge < -0.3 is 15.0 Å². The minimum Gasteiger partial charge on any atom is -0.484 e. The Morgan fingerprint density at radius 1 is 1.40 bits per heavy atom. The maximum atomic E-state index is 6.22. The average molecular weight is 295 g/mol. The third-order valence-electron chi connectivity index (χ3n) is 3.07. The van der Waals surface area contributed by atoms with E-state index in [1.807, 2.05) is 31.2 Å². The largest absolute Gasteiger partial charge is 0.484 e. The van der Waals surface area contributed by atoms with Crippen molar-refractivity contribution in [1.82, 2.24) is 5.16 Å². The summed E-state index contributed by atoms with van der Waals surface area (Å²) in [6, 6.07) is 7.75. The highest BCUT2D eigenvalue weighted by Crippen LogP contribution is 2.27. The Bertz CT molecular complexity index is 569. The van der Waals surface area contributed by atoms with Crippen LogP contribution < -0.4 is 10.5 Å². The molecule has 0 spiro atoms.